The third-order valence-corrected chi connectivity index (χ3v) is 2.54. The molecule has 1 rings (SSSR count). The molecule has 0 saturated carbocycles. The van der Waals surface area contributed by atoms with Crippen molar-refractivity contribution in [1.29, 1.82) is 0 Å². The first-order chi connectivity index (χ1) is 6.13. The SMILES string of the molecule is CNC(=O)O/N=C1/SC(C)OC1C. The highest BCUT2D eigenvalue weighted by molar-refractivity contribution is 8.14. The molecule has 0 bridgehead atoms. The summed E-state index contributed by atoms with van der Waals surface area (Å²) in [5, 5.41) is 6.66. The number of amides is 1. The average Bonchev–Trinajstić information content (AvgIpc) is 2.41. The van der Waals surface area contributed by atoms with Gasteiger partial charge < -0.3 is 10.1 Å². The number of carbonyl (C=O) groups excluding carboxylic acids is 1. The molecule has 13 heavy (non-hydrogen) atoms. The van der Waals surface area contributed by atoms with Crippen LogP contribution in [0.15, 0.2) is 5.16 Å². The number of hydrogen-bond donors (Lipinski definition) is 1. The van der Waals surface area contributed by atoms with Gasteiger partial charge in [-0.1, -0.05) is 16.9 Å². The Bertz CT molecular complexity index is 232. The van der Waals surface area contributed by atoms with Crippen molar-refractivity contribution < 1.29 is 14.4 Å². The number of ether oxygens (including phenoxy) is 1. The number of carbonyl (C=O) groups is 1. The Hall–Kier alpha value is -0.750. The van der Waals surface area contributed by atoms with E-state index >= 15 is 0 Å². The zero-order chi connectivity index (χ0) is 9.84. The van der Waals surface area contributed by atoms with E-state index < -0.39 is 6.09 Å². The van der Waals surface area contributed by atoms with E-state index in [1.165, 1.54) is 18.8 Å². The van der Waals surface area contributed by atoms with Crippen LogP contribution >= 0.6 is 11.8 Å². The van der Waals surface area contributed by atoms with Crippen LogP contribution < -0.4 is 5.32 Å². The molecule has 1 aliphatic rings. The molecule has 1 heterocycles. The molecule has 1 aliphatic heterocycles. The van der Waals surface area contributed by atoms with Crippen molar-refractivity contribution in [3.63, 3.8) is 0 Å². The van der Waals surface area contributed by atoms with Crippen LogP contribution in [0.25, 0.3) is 0 Å². The molecular formula is C7H12N2O3S. The quantitative estimate of drug-likeness (QED) is 0.514. The molecule has 0 radical (unpaired) electrons. The first-order valence-electron chi connectivity index (χ1n) is 3.92. The lowest BCUT2D eigenvalue weighted by Gasteiger charge is -2.00. The summed E-state index contributed by atoms with van der Waals surface area (Å²) in [4.78, 5) is 15.2. The minimum Gasteiger partial charge on any atom is -0.358 e. The lowest BCUT2D eigenvalue weighted by Crippen LogP contribution is -2.18. The highest BCUT2D eigenvalue weighted by Crippen LogP contribution is 2.27. The maximum atomic E-state index is 10.7. The van der Waals surface area contributed by atoms with Gasteiger partial charge in [-0.25, -0.2) is 4.79 Å². The van der Waals surface area contributed by atoms with Crippen LogP contribution in [-0.2, 0) is 9.57 Å². The van der Waals surface area contributed by atoms with E-state index in [-0.39, 0.29) is 11.5 Å². The van der Waals surface area contributed by atoms with Gasteiger partial charge in [-0.3, -0.25) is 4.84 Å². The lowest BCUT2D eigenvalue weighted by molar-refractivity contribution is 0.107. The number of nitrogens with zero attached hydrogens (tertiary/aromatic N) is 1. The Morgan fingerprint density at radius 2 is 2.38 bits per heavy atom. The maximum Gasteiger partial charge on any atom is 0.433 e. The Labute approximate surface area is 80.8 Å². The summed E-state index contributed by atoms with van der Waals surface area (Å²) in [5.41, 5.74) is 0.0713. The fourth-order valence-electron chi connectivity index (χ4n) is 0.867. The maximum absolute atomic E-state index is 10.7. The first kappa shape index (κ1) is 10.3. The Morgan fingerprint density at radius 3 is 2.85 bits per heavy atom. The monoisotopic (exact) mass is 204 g/mol. The minimum absolute atomic E-state index is 0.0713. The van der Waals surface area contributed by atoms with Crippen molar-refractivity contribution in [3.05, 3.63) is 0 Å². The van der Waals surface area contributed by atoms with Gasteiger partial charge in [0.05, 0.1) is 0 Å². The van der Waals surface area contributed by atoms with E-state index in [2.05, 4.69) is 15.3 Å². The molecule has 0 aromatic carbocycles. The van der Waals surface area contributed by atoms with Crippen molar-refractivity contribution in [2.75, 3.05) is 7.05 Å². The molecule has 0 aliphatic carbocycles. The fourth-order valence-corrected chi connectivity index (χ4v) is 1.76. The van der Waals surface area contributed by atoms with Crippen molar-refractivity contribution in [3.8, 4) is 0 Å². The second-order valence-electron chi connectivity index (χ2n) is 2.52. The van der Waals surface area contributed by atoms with Gasteiger partial charge in [0, 0.05) is 7.05 Å². The average molecular weight is 204 g/mol. The van der Waals surface area contributed by atoms with E-state index in [9.17, 15) is 4.79 Å². The van der Waals surface area contributed by atoms with E-state index in [0.29, 0.717) is 5.04 Å². The van der Waals surface area contributed by atoms with Gasteiger partial charge in [-0.2, -0.15) is 0 Å². The van der Waals surface area contributed by atoms with Crippen LogP contribution in [0.2, 0.25) is 0 Å². The highest BCUT2D eigenvalue weighted by Gasteiger charge is 2.26. The summed E-state index contributed by atoms with van der Waals surface area (Å²) in [6, 6.07) is 0. The van der Waals surface area contributed by atoms with E-state index in [1.807, 2.05) is 13.8 Å². The molecule has 2 atom stereocenters. The largest absolute Gasteiger partial charge is 0.433 e. The van der Waals surface area contributed by atoms with Crippen LogP contribution in [0, 0.1) is 0 Å². The number of hydrogen-bond acceptors (Lipinski definition) is 5. The highest BCUT2D eigenvalue weighted by atomic mass is 32.2. The van der Waals surface area contributed by atoms with E-state index in [4.69, 9.17) is 4.74 Å². The molecule has 0 spiro atoms. The smallest absolute Gasteiger partial charge is 0.358 e. The summed E-state index contributed by atoms with van der Waals surface area (Å²) >= 11 is 1.45. The number of oxime groups is 1. The second kappa shape index (κ2) is 4.48. The van der Waals surface area contributed by atoms with Gasteiger partial charge in [-0.05, 0) is 13.8 Å². The van der Waals surface area contributed by atoms with Gasteiger partial charge in [0.25, 0.3) is 0 Å². The summed E-state index contributed by atoms with van der Waals surface area (Å²) in [7, 11) is 1.48. The van der Waals surface area contributed by atoms with Crippen LogP contribution in [0.4, 0.5) is 4.79 Å². The van der Waals surface area contributed by atoms with Crippen LogP contribution in [0.3, 0.4) is 0 Å². The van der Waals surface area contributed by atoms with Crippen molar-refractivity contribution >= 4 is 22.9 Å². The topological polar surface area (TPSA) is 59.9 Å². The van der Waals surface area contributed by atoms with Gasteiger partial charge in [0.15, 0.2) is 0 Å². The first-order valence-corrected chi connectivity index (χ1v) is 4.80. The molecule has 0 aromatic rings. The van der Waals surface area contributed by atoms with Gasteiger partial charge in [0.1, 0.15) is 16.6 Å². The van der Waals surface area contributed by atoms with Gasteiger partial charge in [0.2, 0.25) is 0 Å². The fraction of sp³-hybridized carbons (Fsp3) is 0.714. The Balaban J connectivity index is 2.47. The third-order valence-electron chi connectivity index (χ3n) is 1.45. The minimum atomic E-state index is -0.570. The molecule has 0 aromatic heterocycles. The molecule has 1 N–H and O–H groups in total. The van der Waals surface area contributed by atoms with Gasteiger partial charge >= 0.3 is 6.09 Å². The number of nitrogens with one attached hydrogen (secondary N) is 1. The van der Waals surface area contributed by atoms with Crippen molar-refractivity contribution in [2.45, 2.75) is 25.4 Å². The van der Waals surface area contributed by atoms with Crippen molar-refractivity contribution in [1.82, 2.24) is 5.32 Å². The van der Waals surface area contributed by atoms with Crippen molar-refractivity contribution in [2.24, 2.45) is 5.16 Å². The second-order valence-corrected chi connectivity index (χ2v) is 3.84. The Kier molecular flexibility index (Phi) is 3.56. The van der Waals surface area contributed by atoms with Crippen LogP contribution in [0.1, 0.15) is 13.8 Å². The molecule has 6 heteroatoms. The molecule has 1 saturated heterocycles. The van der Waals surface area contributed by atoms with E-state index in [0.717, 1.165) is 0 Å². The standard InChI is InChI=1S/C7H12N2O3S/c1-4-6(13-5(2)11-4)9-12-7(10)8-3/h4-5H,1-3H3,(H,8,10)/b9-6+. The molecule has 5 nitrogen and oxygen atoms in total. The van der Waals surface area contributed by atoms with Gasteiger partial charge in [-0.15, -0.1) is 0 Å². The predicted octanol–water partition coefficient (Wildman–Crippen LogP) is 1.15. The zero-order valence-electron chi connectivity index (χ0n) is 7.73. The summed E-state index contributed by atoms with van der Waals surface area (Å²) in [6.07, 6.45) is -0.662. The molecule has 1 amide bonds. The van der Waals surface area contributed by atoms with Crippen LogP contribution in [-0.4, -0.2) is 29.7 Å². The summed E-state index contributed by atoms with van der Waals surface area (Å²) < 4.78 is 5.36. The Morgan fingerprint density at radius 1 is 1.69 bits per heavy atom. The third kappa shape index (κ3) is 2.89. The normalized spacial score (nSPS) is 30.5. The zero-order valence-corrected chi connectivity index (χ0v) is 8.55. The molecule has 74 valence electrons. The van der Waals surface area contributed by atoms with Crippen LogP contribution in [0.5, 0.6) is 0 Å². The number of thioether (sulfide) groups is 1. The molecule has 1 fully saturated rings. The number of rotatable bonds is 1. The lowest BCUT2D eigenvalue weighted by atomic mass is 10.4. The van der Waals surface area contributed by atoms with E-state index in [1.54, 1.807) is 0 Å². The molecule has 2 unspecified atom stereocenters. The summed E-state index contributed by atoms with van der Waals surface area (Å²) in [6.45, 7) is 3.78. The predicted molar refractivity (Wildman–Crippen MR) is 50.6 cm³/mol. The summed E-state index contributed by atoms with van der Waals surface area (Å²) in [5.74, 6) is 0. The molecular weight excluding hydrogens is 192 g/mol.